The second kappa shape index (κ2) is 6.58. The van der Waals surface area contributed by atoms with Crippen molar-refractivity contribution in [2.45, 2.75) is 11.3 Å². The van der Waals surface area contributed by atoms with Crippen molar-refractivity contribution in [3.8, 4) is 0 Å². The Morgan fingerprint density at radius 1 is 1.37 bits per heavy atom. The van der Waals surface area contributed by atoms with E-state index in [0.29, 0.717) is 0 Å². The zero-order valence-electron chi connectivity index (χ0n) is 9.75. The summed E-state index contributed by atoms with van der Waals surface area (Å²) in [6, 6.07) is 4.82. The molecule has 0 aromatic heterocycles. The van der Waals surface area contributed by atoms with Gasteiger partial charge in [0.25, 0.3) is 6.43 Å². The molecule has 106 valence electrons. The van der Waals surface area contributed by atoms with Gasteiger partial charge in [-0.25, -0.2) is 22.0 Å². The highest BCUT2D eigenvalue weighted by molar-refractivity contribution is 7.91. The van der Waals surface area contributed by atoms with Gasteiger partial charge in [0.1, 0.15) is 6.61 Å². The Labute approximate surface area is 108 Å². The molecule has 0 heterocycles. The third-order valence-electron chi connectivity index (χ3n) is 2.18. The Morgan fingerprint density at radius 3 is 2.63 bits per heavy atom. The molecule has 0 aliphatic rings. The first kappa shape index (κ1) is 15.5. The Hall–Kier alpha value is -1.54. The number of halogens is 2. The van der Waals surface area contributed by atoms with E-state index in [4.69, 9.17) is 5.11 Å². The third kappa shape index (κ3) is 4.92. The summed E-state index contributed by atoms with van der Waals surface area (Å²) in [7, 11) is -3.75. The largest absolute Gasteiger partial charge is 0.478 e. The van der Waals surface area contributed by atoms with Crippen LogP contribution < -0.4 is 0 Å². The molecule has 0 saturated carbocycles. The van der Waals surface area contributed by atoms with Crippen molar-refractivity contribution in [1.82, 2.24) is 0 Å². The molecule has 0 spiro atoms. The topological polar surface area (TPSA) is 80.7 Å². The molecule has 0 saturated heterocycles. The molecule has 0 unspecified atom stereocenters. The highest BCUT2D eigenvalue weighted by Crippen LogP contribution is 2.13. The van der Waals surface area contributed by atoms with Crippen LogP contribution in [-0.4, -0.2) is 44.9 Å². The van der Waals surface area contributed by atoms with Gasteiger partial charge in [0, 0.05) is 0 Å². The zero-order valence-corrected chi connectivity index (χ0v) is 10.6. The number of hydrogen-bond acceptors (Lipinski definition) is 4. The average molecular weight is 294 g/mol. The highest BCUT2D eigenvalue weighted by atomic mass is 32.2. The fourth-order valence-corrected chi connectivity index (χ4v) is 2.45. The van der Waals surface area contributed by atoms with Crippen LogP contribution in [0.25, 0.3) is 0 Å². The van der Waals surface area contributed by atoms with Gasteiger partial charge in [-0.2, -0.15) is 0 Å². The monoisotopic (exact) mass is 294 g/mol. The highest BCUT2D eigenvalue weighted by Gasteiger charge is 2.16. The number of alkyl halides is 2. The van der Waals surface area contributed by atoms with Crippen molar-refractivity contribution in [3.63, 3.8) is 0 Å². The van der Waals surface area contributed by atoms with Crippen molar-refractivity contribution in [3.05, 3.63) is 29.8 Å². The van der Waals surface area contributed by atoms with Crippen LogP contribution in [0.4, 0.5) is 8.78 Å². The Bertz CT molecular complexity index is 542. The second-order valence-corrected chi connectivity index (χ2v) is 5.73. The van der Waals surface area contributed by atoms with Gasteiger partial charge in [0.05, 0.1) is 22.8 Å². The van der Waals surface area contributed by atoms with Gasteiger partial charge in [-0.3, -0.25) is 0 Å². The number of carboxylic acids is 1. The first-order valence-electron chi connectivity index (χ1n) is 5.25. The van der Waals surface area contributed by atoms with Crippen molar-refractivity contribution in [2.75, 3.05) is 19.0 Å². The number of benzene rings is 1. The average Bonchev–Trinajstić information content (AvgIpc) is 2.34. The molecule has 0 radical (unpaired) electrons. The maximum absolute atomic E-state index is 11.8. The van der Waals surface area contributed by atoms with Crippen LogP contribution in [0.1, 0.15) is 10.4 Å². The molecular formula is C11H12F2O5S. The summed E-state index contributed by atoms with van der Waals surface area (Å²) in [5.74, 6) is -1.73. The van der Waals surface area contributed by atoms with Gasteiger partial charge in [-0.05, 0) is 18.2 Å². The van der Waals surface area contributed by atoms with Gasteiger partial charge >= 0.3 is 5.97 Å². The lowest BCUT2D eigenvalue weighted by atomic mass is 10.2. The van der Waals surface area contributed by atoms with Crippen LogP contribution in [0.2, 0.25) is 0 Å². The Balaban J connectivity index is 2.72. The molecule has 0 aliphatic carbocycles. The van der Waals surface area contributed by atoms with Crippen molar-refractivity contribution in [2.24, 2.45) is 0 Å². The van der Waals surface area contributed by atoms with E-state index in [1.54, 1.807) is 0 Å². The molecule has 1 aromatic carbocycles. The van der Waals surface area contributed by atoms with Crippen LogP contribution >= 0.6 is 0 Å². The Morgan fingerprint density at radius 2 is 2.05 bits per heavy atom. The number of aromatic carboxylic acids is 1. The predicted octanol–water partition coefficient (Wildman–Crippen LogP) is 1.44. The quantitative estimate of drug-likeness (QED) is 0.770. The van der Waals surface area contributed by atoms with E-state index in [9.17, 15) is 22.0 Å². The third-order valence-corrected chi connectivity index (χ3v) is 3.86. The smallest absolute Gasteiger partial charge is 0.335 e. The molecule has 19 heavy (non-hydrogen) atoms. The molecule has 0 fully saturated rings. The first-order chi connectivity index (χ1) is 8.83. The second-order valence-electron chi connectivity index (χ2n) is 3.62. The lowest BCUT2D eigenvalue weighted by molar-refractivity contribution is 0.0234. The number of hydrogen-bond donors (Lipinski definition) is 1. The van der Waals surface area contributed by atoms with E-state index in [0.717, 1.165) is 6.07 Å². The van der Waals surface area contributed by atoms with E-state index in [-0.39, 0.29) is 17.1 Å². The standard InChI is InChI=1S/C11H12F2O5S/c12-10(13)7-18-4-5-19(16,17)9-3-1-2-8(6-9)11(14)15/h1-3,6,10H,4-5,7H2,(H,14,15). The normalized spacial score (nSPS) is 11.7. The van der Waals surface area contributed by atoms with Crippen LogP contribution in [0.5, 0.6) is 0 Å². The molecule has 5 nitrogen and oxygen atoms in total. The number of sulfone groups is 1. The van der Waals surface area contributed by atoms with Crippen LogP contribution in [0.3, 0.4) is 0 Å². The maximum atomic E-state index is 11.8. The number of ether oxygens (including phenoxy) is 1. The predicted molar refractivity (Wildman–Crippen MR) is 62.3 cm³/mol. The zero-order chi connectivity index (χ0) is 14.5. The van der Waals surface area contributed by atoms with E-state index in [1.807, 2.05) is 0 Å². The van der Waals surface area contributed by atoms with Crippen molar-refractivity contribution < 1.29 is 31.8 Å². The van der Waals surface area contributed by atoms with E-state index in [1.165, 1.54) is 18.2 Å². The molecule has 0 bridgehead atoms. The van der Waals surface area contributed by atoms with Gasteiger partial charge < -0.3 is 9.84 Å². The maximum Gasteiger partial charge on any atom is 0.335 e. The summed E-state index contributed by atoms with van der Waals surface area (Å²) in [4.78, 5) is 10.5. The molecule has 8 heteroatoms. The fourth-order valence-electron chi connectivity index (χ4n) is 1.28. The molecule has 0 amide bonds. The van der Waals surface area contributed by atoms with E-state index >= 15 is 0 Å². The summed E-state index contributed by atoms with van der Waals surface area (Å²) in [5.41, 5.74) is -0.158. The number of rotatable bonds is 7. The molecule has 0 aliphatic heterocycles. The molecule has 1 N–H and O–H groups in total. The van der Waals surface area contributed by atoms with E-state index < -0.39 is 34.6 Å². The van der Waals surface area contributed by atoms with Crippen molar-refractivity contribution >= 4 is 15.8 Å². The van der Waals surface area contributed by atoms with Crippen molar-refractivity contribution in [1.29, 1.82) is 0 Å². The lowest BCUT2D eigenvalue weighted by Gasteiger charge is -2.06. The van der Waals surface area contributed by atoms with Crippen LogP contribution in [-0.2, 0) is 14.6 Å². The fraction of sp³-hybridized carbons (Fsp3) is 0.364. The van der Waals surface area contributed by atoms with Gasteiger partial charge in [0.15, 0.2) is 9.84 Å². The minimum atomic E-state index is -3.75. The summed E-state index contributed by atoms with van der Waals surface area (Å²) < 4.78 is 51.6. The molecular weight excluding hydrogens is 282 g/mol. The first-order valence-corrected chi connectivity index (χ1v) is 6.90. The summed E-state index contributed by atoms with van der Waals surface area (Å²) in [6.07, 6.45) is -2.65. The summed E-state index contributed by atoms with van der Waals surface area (Å²) in [6.45, 7) is -1.20. The summed E-state index contributed by atoms with van der Waals surface area (Å²) >= 11 is 0. The minimum Gasteiger partial charge on any atom is -0.478 e. The van der Waals surface area contributed by atoms with Crippen LogP contribution in [0.15, 0.2) is 29.2 Å². The number of carboxylic acid groups (broad SMARTS) is 1. The summed E-state index contributed by atoms with van der Waals surface area (Å²) in [5, 5.41) is 8.75. The Kier molecular flexibility index (Phi) is 5.37. The molecule has 0 atom stereocenters. The SMILES string of the molecule is O=C(O)c1cccc(S(=O)(=O)CCOCC(F)F)c1. The molecule has 1 aromatic rings. The molecule has 1 rings (SSSR count). The van der Waals surface area contributed by atoms with Gasteiger partial charge in [0.2, 0.25) is 0 Å². The lowest BCUT2D eigenvalue weighted by Crippen LogP contribution is -2.15. The van der Waals surface area contributed by atoms with Gasteiger partial charge in [-0.1, -0.05) is 6.07 Å². The van der Waals surface area contributed by atoms with E-state index in [2.05, 4.69) is 4.74 Å². The van der Waals surface area contributed by atoms with Crippen LogP contribution in [0, 0.1) is 0 Å². The minimum absolute atomic E-state index is 0.158. The van der Waals surface area contributed by atoms with Gasteiger partial charge in [-0.15, -0.1) is 0 Å². The number of carbonyl (C=O) groups is 1.